The van der Waals surface area contributed by atoms with Gasteiger partial charge in [0.15, 0.2) is 4.96 Å². The minimum absolute atomic E-state index is 0.0281. The Morgan fingerprint density at radius 2 is 1.94 bits per heavy atom. The maximum atomic E-state index is 13.6. The minimum Gasteiger partial charge on any atom is -0.376 e. The third-order valence-electron chi connectivity index (χ3n) is 6.79. The Labute approximate surface area is 212 Å². The Bertz CT molecular complexity index is 1520. The Balaban J connectivity index is 1.24. The quantitative estimate of drug-likeness (QED) is 0.267. The van der Waals surface area contributed by atoms with Crippen LogP contribution in [0.25, 0.3) is 27.0 Å². The number of imidazole rings is 1. The van der Waals surface area contributed by atoms with Gasteiger partial charge in [0.1, 0.15) is 5.82 Å². The van der Waals surface area contributed by atoms with E-state index in [-0.39, 0.29) is 17.8 Å². The van der Waals surface area contributed by atoms with Crippen LogP contribution in [0.5, 0.6) is 0 Å². The van der Waals surface area contributed by atoms with Crippen LogP contribution in [0.3, 0.4) is 0 Å². The first-order valence-corrected chi connectivity index (χ1v) is 13.1. The summed E-state index contributed by atoms with van der Waals surface area (Å²) in [6.07, 6.45) is 4.78. The van der Waals surface area contributed by atoms with Crippen LogP contribution in [0, 0.1) is 5.82 Å². The highest BCUT2D eigenvalue weighted by Crippen LogP contribution is 2.25. The number of halogens is 1. The zero-order valence-corrected chi connectivity index (χ0v) is 20.6. The number of rotatable bonds is 7. The molecule has 1 fully saturated rings. The van der Waals surface area contributed by atoms with E-state index in [1.165, 1.54) is 12.1 Å². The van der Waals surface area contributed by atoms with Gasteiger partial charge in [-0.05, 0) is 60.0 Å². The average Bonchev–Trinajstić information content (AvgIpc) is 3.65. The van der Waals surface area contributed by atoms with Gasteiger partial charge in [0.2, 0.25) is 0 Å². The van der Waals surface area contributed by atoms with Gasteiger partial charge in [-0.3, -0.25) is 9.20 Å². The van der Waals surface area contributed by atoms with E-state index in [1.807, 2.05) is 47.5 Å². The van der Waals surface area contributed by atoms with E-state index in [2.05, 4.69) is 15.8 Å². The molecule has 0 spiro atoms. The summed E-state index contributed by atoms with van der Waals surface area (Å²) in [5.74, 6) is -0.233. The van der Waals surface area contributed by atoms with Crippen molar-refractivity contribution in [2.45, 2.75) is 25.4 Å². The summed E-state index contributed by atoms with van der Waals surface area (Å²) >= 11 is 1.57. The smallest absolute Gasteiger partial charge is 0.253 e. The van der Waals surface area contributed by atoms with Crippen molar-refractivity contribution in [2.24, 2.45) is 0 Å². The largest absolute Gasteiger partial charge is 0.376 e. The molecule has 3 aromatic carbocycles. The fraction of sp³-hybridized carbons (Fsp3) is 0.241. The van der Waals surface area contributed by atoms with E-state index >= 15 is 0 Å². The highest BCUT2D eigenvalue weighted by Gasteiger charge is 2.24. The van der Waals surface area contributed by atoms with E-state index in [9.17, 15) is 9.18 Å². The normalized spacial score (nSPS) is 15.6. The number of ether oxygens (including phenoxy) is 1. The highest BCUT2D eigenvalue weighted by molar-refractivity contribution is 7.15. The first-order chi connectivity index (χ1) is 17.6. The summed E-state index contributed by atoms with van der Waals surface area (Å²) in [4.78, 5) is 21.2. The number of hydrogen-bond donors (Lipinski definition) is 0. The monoisotopic (exact) mass is 499 g/mol. The molecule has 182 valence electrons. The predicted octanol–water partition coefficient (Wildman–Crippen LogP) is 6.22. The Hall–Kier alpha value is -3.55. The maximum absolute atomic E-state index is 13.6. The number of carbonyl (C=O) groups excluding carboxylic acids is 1. The highest BCUT2D eigenvalue weighted by atomic mass is 32.1. The molecule has 0 bridgehead atoms. The molecule has 6 rings (SSSR count). The third-order valence-corrected chi connectivity index (χ3v) is 7.68. The zero-order valence-electron chi connectivity index (χ0n) is 19.8. The molecule has 7 heteroatoms. The number of carbonyl (C=O) groups is 1. The van der Waals surface area contributed by atoms with E-state index in [0.29, 0.717) is 25.1 Å². The van der Waals surface area contributed by atoms with Crippen LogP contribution >= 0.6 is 11.3 Å². The molecule has 0 radical (unpaired) electrons. The molecule has 1 unspecified atom stereocenters. The van der Waals surface area contributed by atoms with Crippen LogP contribution < -0.4 is 0 Å². The maximum Gasteiger partial charge on any atom is 0.253 e. The Morgan fingerprint density at radius 3 is 2.75 bits per heavy atom. The molecule has 1 amide bonds. The van der Waals surface area contributed by atoms with Gasteiger partial charge in [0.25, 0.3) is 5.91 Å². The lowest BCUT2D eigenvalue weighted by atomic mass is 10.1. The summed E-state index contributed by atoms with van der Waals surface area (Å²) in [7, 11) is 0. The van der Waals surface area contributed by atoms with Gasteiger partial charge in [-0.25, -0.2) is 9.37 Å². The van der Waals surface area contributed by atoms with Crippen LogP contribution in [0.4, 0.5) is 4.39 Å². The van der Waals surface area contributed by atoms with Gasteiger partial charge in [0.05, 0.1) is 11.8 Å². The van der Waals surface area contributed by atoms with E-state index < -0.39 is 0 Å². The second kappa shape index (κ2) is 9.84. The third kappa shape index (κ3) is 4.64. The summed E-state index contributed by atoms with van der Waals surface area (Å²) in [5, 5.41) is 4.28. The van der Waals surface area contributed by atoms with Crippen molar-refractivity contribution in [3.8, 4) is 11.3 Å². The molecule has 36 heavy (non-hydrogen) atoms. The van der Waals surface area contributed by atoms with Crippen molar-refractivity contribution < 1.29 is 13.9 Å². The van der Waals surface area contributed by atoms with Crippen molar-refractivity contribution in [3.05, 3.63) is 95.4 Å². The fourth-order valence-corrected chi connectivity index (χ4v) is 5.74. The molecule has 1 saturated heterocycles. The van der Waals surface area contributed by atoms with Crippen molar-refractivity contribution in [1.29, 1.82) is 0 Å². The molecule has 0 saturated carbocycles. The molecular weight excluding hydrogens is 473 g/mol. The molecule has 2 aromatic heterocycles. The standard InChI is InChI=1S/C29H26FN3O2S/c30-24-11-9-21(10-12-24)27-18-33-25(19-36-29(33)31-27)13-14-32(17-26-6-3-15-35-26)28(34)23-8-7-20-4-1-2-5-22(20)16-23/h1-2,4-5,7-12,16,18-19,26H,3,6,13-15,17H2. The van der Waals surface area contributed by atoms with Crippen LogP contribution in [-0.4, -0.2) is 46.0 Å². The van der Waals surface area contributed by atoms with Crippen LogP contribution in [0.2, 0.25) is 0 Å². The molecule has 1 aliphatic heterocycles. The van der Waals surface area contributed by atoms with Gasteiger partial charge in [-0.15, -0.1) is 11.3 Å². The fourth-order valence-electron chi connectivity index (χ4n) is 4.83. The summed E-state index contributed by atoms with van der Waals surface area (Å²) in [6, 6.07) is 20.4. The van der Waals surface area contributed by atoms with Gasteiger partial charge < -0.3 is 9.64 Å². The average molecular weight is 500 g/mol. The van der Waals surface area contributed by atoms with E-state index in [0.717, 1.165) is 52.1 Å². The summed E-state index contributed by atoms with van der Waals surface area (Å²) in [6.45, 7) is 1.93. The Morgan fingerprint density at radius 1 is 1.11 bits per heavy atom. The van der Waals surface area contributed by atoms with Gasteiger partial charge in [0, 0.05) is 54.5 Å². The van der Waals surface area contributed by atoms with Crippen LogP contribution in [0.15, 0.2) is 78.3 Å². The number of amides is 1. The second-order valence-corrected chi connectivity index (χ2v) is 10.0. The van der Waals surface area contributed by atoms with E-state index in [4.69, 9.17) is 9.72 Å². The lowest BCUT2D eigenvalue weighted by molar-refractivity contribution is 0.0528. The predicted molar refractivity (Wildman–Crippen MR) is 141 cm³/mol. The number of aromatic nitrogens is 2. The molecule has 0 N–H and O–H groups in total. The molecule has 3 heterocycles. The number of hydrogen-bond acceptors (Lipinski definition) is 4. The molecule has 5 nitrogen and oxygen atoms in total. The second-order valence-electron chi connectivity index (χ2n) is 9.21. The number of thiazole rings is 1. The SMILES string of the molecule is O=C(c1ccc2ccccc2c1)N(CCc1csc2nc(-c3ccc(F)cc3)cn12)CC1CCCO1. The molecule has 1 atom stereocenters. The van der Waals surface area contributed by atoms with Crippen molar-refractivity contribution in [2.75, 3.05) is 19.7 Å². The van der Waals surface area contributed by atoms with Crippen LogP contribution in [-0.2, 0) is 11.2 Å². The first-order valence-electron chi connectivity index (χ1n) is 12.3. The lowest BCUT2D eigenvalue weighted by Gasteiger charge is -2.25. The zero-order chi connectivity index (χ0) is 24.5. The first kappa shape index (κ1) is 22.9. The molecule has 1 aliphatic rings. The molecule has 0 aliphatic carbocycles. The van der Waals surface area contributed by atoms with Gasteiger partial charge >= 0.3 is 0 Å². The van der Waals surface area contributed by atoms with Crippen molar-refractivity contribution >= 4 is 33.0 Å². The minimum atomic E-state index is -0.261. The number of fused-ring (bicyclic) bond motifs is 2. The van der Waals surface area contributed by atoms with Crippen molar-refractivity contribution in [3.63, 3.8) is 0 Å². The summed E-state index contributed by atoms with van der Waals surface area (Å²) in [5.41, 5.74) is 3.49. The van der Waals surface area contributed by atoms with Gasteiger partial charge in [-0.2, -0.15) is 0 Å². The Kier molecular flexibility index (Phi) is 6.25. The number of nitrogens with zero attached hydrogens (tertiary/aromatic N) is 3. The topological polar surface area (TPSA) is 46.8 Å². The van der Waals surface area contributed by atoms with E-state index in [1.54, 1.807) is 23.5 Å². The number of benzene rings is 3. The molecular formula is C29H26FN3O2S. The lowest BCUT2D eigenvalue weighted by Crippen LogP contribution is -2.38. The van der Waals surface area contributed by atoms with Crippen molar-refractivity contribution in [1.82, 2.24) is 14.3 Å². The molecule has 5 aromatic rings. The summed E-state index contributed by atoms with van der Waals surface area (Å²) < 4.78 is 21.3. The van der Waals surface area contributed by atoms with Gasteiger partial charge in [-0.1, -0.05) is 30.3 Å². The van der Waals surface area contributed by atoms with Crippen LogP contribution in [0.1, 0.15) is 28.9 Å².